The molecule has 3 aromatic carbocycles. The third-order valence-corrected chi connectivity index (χ3v) is 9.99. The molecule has 1 aromatic heterocycles. The number of anilines is 1. The number of nitriles is 1. The van der Waals surface area contributed by atoms with Crippen molar-refractivity contribution in [1.82, 2.24) is 14.5 Å². The molecular formula is C34H31ClFN5O3. The molecule has 0 radical (unpaired) electrons. The van der Waals surface area contributed by atoms with Crippen molar-refractivity contribution < 1.29 is 18.7 Å². The topological polar surface area (TPSA) is 100 Å². The number of esters is 1. The van der Waals surface area contributed by atoms with Gasteiger partial charge in [0.25, 0.3) is 0 Å². The number of ether oxygens (including phenoxy) is 1. The van der Waals surface area contributed by atoms with Crippen molar-refractivity contribution in [2.75, 3.05) is 19.0 Å². The molecule has 0 spiro atoms. The number of aryl methyl sites for hydroxylation is 1. The highest BCUT2D eigenvalue weighted by Gasteiger charge is 2.63. The van der Waals surface area contributed by atoms with E-state index < -0.39 is 23.2 Å². The Balaban J connectivity index is 1.42. The summed E-state index contributed by atoms with van der Waals surface area (Å²) in [6.45, 7) is 3.28. The van der Waals surface area contributed by atoms with E-state index in [0.29, 0.717) is 46.9 Å². The number of halogens is 2. The van der Waals surface area contributed by atoms with Crippen LogP contribution in [0.3, 0.4) is 0 Å². The van der Waals surface area contributed by atoms with Crippen LogP contribution >= 0.6 is 11.6 Å². The molecule has 1 N–H and O–H groups in total. The van der Waals surface area contributed by atoms with Crippen LogP contribution in [0.25, 0.3) is 11.0 Å². The lowest BCUT2D eigenvalue weighted by atomic mass is 9.73. The first-order chi connectivity index (χ1) is 21.2. The molecule has 2 aliphatic heterocycles. The van der Waals surface area contributed by atoms with Crippen molar-refractivity contribution >= 4 is 40.2 Å². The number of amides is 1. The first-order valence-corrected chi connectivity index (χ1v) is 15.2. The van der Waals surface area contributed by atoms with Gasteiger partial charge in [0.15, 0.2) is 0 Å². The van der Waals surface area contributed by atoms with Gasteiger partial charge in [-0.1, -0.05) is 29.8 Å². The summed E-state index contributed by atoms with van der Waals surface area (Å²) in [5.41, 5.74) is 2.03. The van der Waals surface area contributed by atoms with Crippen molar-refractivity contribution in [3.63, 3.8) is 0 Å². The highest BCUT2D eigenvalue weighted by atomic mass is 35.5. The number of methoxy groups -OCH3 is 1. The Labute approximate surface area is 259 Å². The fourth-order valence-electron chi connectivity index (χ4n) is 7.45. The standard InChI is InChI=1S/C34H31ClFN5O3/c1-34(33(43)38-22-6-3-5-20(15-22)17-37)29(23-7-4-8-24(35)30(23)36)28-27(41(34)18-19-9-10-19)13-14-40-26-12-11-21(32(42)44-2)16-25(26)39-31(28)40/h3-8,11-12,15-16,19,27-29H,9-10,13-14,18H2,1-2H3,(H,38,43)/t27-,28+,29-,34+/m0/s1. The quantitative estimate of drug-likeness (QED) is 0.259. The molecule has 3 aliphatic rings. The monoisotopic (exact) mass is 611 g/mol. The minimum Gasteiger partial charge on any atom is -0.465 e. The van der Waals surface area contributed by atoms with E-state index in [1.54, 1.807) is 48.5 Å². The summed E-state index contributed by atoms with van der Waals surface area (Å²) in [4.78, 5) is 34.3. The van der Waals surface area contributed by atoms with Gasteiger partial charge in [-0.3, -0.25) is 9.69 Å². The van der Waals surface area contributed by atoms with Gasteiger partial charge in [-0.2, -0.15) is 5.26 Å². The first-order valence-electron chi connectivity index (χ1n) is 14.8. The van der Waals surface area contributed by atoms with Crippen LogP contribution in [-0.4, -0.2) is 51.6 Å². The molecule has 1 aliphatic carbocycles. The zero-order chi connectivity index (χ0) is 30.7. The van der Waals surface area contributed by atoms with Crippen molar-refractivity contribution in [2.24, 2.45) is 5.92 Å². The van der Waals surface area contributed by atoms with Crippen molar-refractivity contribution in [1.29, 1.82) is 5.26 Å². The zero-order valence-corrected chi connectivity index (χ0v) is 25.1. The second-order valence-electron chi connectivity index (χ2n) is 12.2. The van der Waals surface area contributed by atoms with Gasteiger partial charge in [0.1, 0.15) is 17.2 Å². The minimum atomic E-state index is -1.18. The molecule has 4 aromatic rings. The van der Waals surface area contributed by atoms with Gasteiger partial charge in [-0.15, -0.1) is 0 Å². The maximum Gasteiger partial charge on any atom is 0.337 e. The van der Waals surface area contributed by atoms with Crippen LogP contribution in [0.4, 0.5) is 10.1 Å². The Hall–Kier alpha value is -4.26. The summed E-state index contributed by atoms with van der Waals surface area (Å²) >= 11 is 6.37. The molecule has 1 saturated heterocycles. The van der Waals surface area contributed by atoms with Crippen LogP contribution in [0.2, 0.25) is 5.02 Å². The Kier molecular flexibility index (Phi) is 6.95. The van der Waals surface area contributed by atoms with E-state index >= 15 is 4.39 Å². The van der Waals surface area contributed by atoms with Crippen LogP contribution in [0.1, 0.15) is 65.3 Å². The molecular weight excluding hydrogens is 581 g/mol. The van der Waals surface area contributed by atoms with Gasteiger partial charge in [0.2, 0.25) is 5.91 Å². The van der Waals surface area contributed by atoms with Crippen molar-refractivity contribution in [3.05, 3.63) is 94.0 Å². The summed E-state index contributed by atoms with van der Waals surface area (Å²) in [5.74, 6) is -1.04. The van der Waals surface area contributed by atoms with Crippen LogP contribution in [0.15, 0.2) is 60.7 Å². The molecule has 44 heavy (non-hydrogen) atoms. The summed E-state index contributed by atoms with van der Waals surface area (Å²) in [7, 11) is 1.34. The van der Waals surface area contributed by atoms with Gasteiger partial charge in [-0.25, -0.2) is 14.2 Å². The third-order valence-electron chi connectivity index (χ3n) is 9.70. The number of carbonyl (C=O) groups excluding carboxylic acids is 2. The summed E-state index contributed by atoms with van der Waals surface area (Å²) in [6, 6.07) is 19.1. The Morgan fingerprint density at radius 3 is 2.70 bits per heavy atom. The molecule has 1 amide bonds. The molecule has 8 nitrogen and oxygen atoms in total. The van der Waals surface area contributed by atoms with Gasteiger partial charge in [-0.05, 0) is 80.1 Å². The number of hydrogen-bond donors (Lipinski definition) is 1. The molecule has 10 heteroatoms. The number of likely N-dealkylation sites (tertiary alicyclic amines) is 1. The molecule has 224 valence electrons. The lowest BCUT2D eigenvalue weighted by Gasteiger charge is -2.40. The fourth-order valence-corrected chi connectivity index (χ4v) is 7.63. The van der Waals surface area contributed by atoms with Crippen LogP contribution in [0.5, 0.6) is 0 Å². The summed E-state index contributed by atoms with van der Waals surface area (Å²) in [6.07, 6.45) is 2.90. The first kappa shape index (κ1) is 28.5. The van der Waals surface area contributed by atoms with Gasteiger partial charge >= 0.3 is 5.97 Å². The SMILES string of the molecule is COC(=O)c1ccc2c(c1)nc1n2CC[C@H]2[C@@H]1[C@H](c1cccc(Cl)c1F)[C@](C)(C(=O)Nc1cccc(C#N)c1)N2CC1CC1. The smallest absolute Gasteiger partial charge is 0.337 e. The van der Waals surface area contributed by atoms with E-state index in [-0.39, 0.29) is 22.9 Å². The number of nitrogens with one attached hydrogen (secondary N) is 1. The number of fused-ring (bicyclic) bond motifs is 5. The minimum absolute atomic E-state index is 0.00351. The summed E-state index contributed by atoms with van der Waals surface area (Å²) < 4.78 is 23.2. The Bertz CT molecular complexity index is 1860. The van der Waals surface area contributed by atoms with E-state index in [1.165, 1.54) is 13.2 Å². The second-order valence-corrected chi connectivity index (χ2v) is 12.6. The number of imidazole rings is 1. The van der Waals surface area contributed by atoms with Gasteiger partial charge in [0, 0.05) is 36.7 Å². The molecule has 0 unspecified atom stereocenters. The molecule has 3 heterocycles. The van der Waals surface area contributed by atoms with Crippen LogP contribution in [-0.2, 0) is 16.1 Å². The molecule has 0 bridgehead atoms. The third kappa shape index (κ3) is 4.47. The normalized spacial score (nSPS) is 24.4. The Morgan fingerprint density at radius 2 is 1.95 bits per heavy atom. The molecule has 2 fully saturated rings. The van der Waals surface area contributed by atoms with Gasteiger partial charge < -0.3 is 14.6 Å². The summed E-state index contributed by atoms with van der Waals surface area (Å²) in [5, 5.41) is 12.5. The number of carbonyl (C=O) groups is 2. The molecule has 4 atom stereocenters. The maximum absolute atomic E-state index is 16.1. The van der Waals surface area contributed by atoms with Crippen LogP contribution in [0, 0.1) is 23.1 Å². The average Bonchev–Trinajstić information content (AvgIpc) is 3.73. The van der Waals surface area contributed by atoms with Crippen molar-refractivity contribution in [3.8, 4) is 6.07 Å². The van der Waals surface area contributed by atoms with Crippen LogP contribution < -0.4 is 5.32 Å². The maximum atomic E-state index is 16.1. The zero-order valence-electron chi connectivity index (χ0n) is 24.4. The number of benzene rings is 3. The number of hydrogen-bond acceptors (Lipinski definition) is 6. The predicted octanol–water partition coefficient (Wildman–Crippen LogP) is 6.25. The largest absolute Gasteiger partial charge is 0.465 e. The number of nitrogens with zero attached hydrogens (tertiary/aromatic N) is 4. The lowest BCUT2D eigenvalue weighted by Crippen LogP contribution is -2.56. The highest BCUT2D eigenvalue weighted by molar-refractivity contribution is 6.30. The van der Waals surface area contributed by atoms with E-state index in [9.17, 15) is 14.9 Å². The van der Waals surface area contributed by atoms with E-state index in [0.717, 1.165) is 30.6 Å². The lowest BCUT2D eigenvalue weighted by molar-refractivity contribution is -0.127. The second kappa shape index (κ2) is 10.7. The number of rotatable bonds is 6. The van der Waals surface area contributed by atoms with E-state index in [2.05, 4.69) is 20.9 Å². The van der Waals surface area contributed by atoms with Gasteiger partial charge in [0.05, 0.1) is 40.4 Å². The molecule has 7 rings (SSSR count). The Morgan fingerprint density at radius 1 is 1.16 bits per heavy atom. The van der Waals surface area contributed by atoms with E-state index in [4.69, 9.17) is 21.3 Å². The number of aromatic nitrogens is 2. The predicted molar refractivity (Wildman–Crippen MR) is 164 cm³/mol. The average molecular weight is 612 g/mol. The highest BCUT2D eigenvalue weighted by Crippen LogP contribution is 2.58. The van der Waals surface area contributed by atoms with E-state index in [1.807, 2.05) is 13.0 Å². The van der Waals surface area contributed by atoms with Crippen molar-refractivity contribution in [2.45, 2.75) is 56.1 Å². The molecule has 1 saturated carbocycles. The fraction of sp³-hybridized carbons (Fsp3) is 0.353.